The third kappa shape index (κ3) is 3.78. The Bertz CT molecular complexity index is 541. The van der Waals surface area contributed by atoms with Crippen molar-refractivity contribution in [3.63, 3.8) is 0 Å². The van der Waals surface area contributed by atoms with E-state index in [2.05, 4.69) is 38.3 Å². The number of ether oxygens (including phenoxy) is 1. The SMILES string of the molecule is CCNCc1ncn(Cc2cc(OC)ccc2Br)n1. The third-order valence-electron chi connectivity index (χ3n) is 2.70. The van der Waals surface area contributed by atoms with Crippen molar-refractivity contribution >= 4 is 15.9 Å². The van der Waals surface area contributed by atoms with Crippen molar-refractivity contribution in [2.75, 3.05) is 13.7 Å². The van der Waals surface area contributed by atoms with Crippen molar-refractivity contribution < 1.29 is 4.74 Å². The Hall–Kier alpha value is -1.40. The van der Waals surface area contributed by atoms with E-state index >= 15 is 0 Å². The van der Waals surface area contributed by atoms with Gasteiger partial charge in [0.2, 0.25) is 0 Å². The van der Waals surface area contributed by atoms with E-state index in [-0.39, 0.29) is 0 Å². The van der Waals surface area contributed by atoms with Crippen LogP contribution in [0.25, 0.3) is 0 Å². The Morgan fingerprint density at radius 2 is 2.26 bits per heavy atom. The molecule has 6 heteroatoms. The lowest BCUT2D eigenvalue weighted by Crippen LogP contribution is -2.13. The summed E-state index contributed by atoms with van der Waals surface area (Å²) in [5.74, 6) is 1.65. The molecular weight excluding hydrogens is 308 g/mol. The van der Waals surface area contributed by atoms with Gasteiger partial charge in [0.25, 0.3) is 0 Å². The first-order chi connectivity index (χ1) is 9.22. The average Bonchev–Trinajstić information content (AvgIpc) is 2.86. The predicted octanol–water partition coefficient (Wildman–Crippen LogP) is 2.21. The maximum absolute atomic E-state index is 5.23. The summed E-state index contributed by atoms with van der Waals surface area (Å²) in [6.07, 6.45) is 1.75. The highest BCUT2D eigenvalue weighted by Gasteiger charge is 2.05. The fraction of sp³-hybridized carbons (Fsp3) is 0.385. The molecule has 0 amide bonds. The number of hydrogen-bond donors (Lipinski definition) is 1. The molecule has 0 atom stereocenters. The average molecular weight is 325 g/mol. The van der Waals surface area contributed by atoms with Crippen molar-refractivity contribution in [1.82, 2.24) is 20.1 Å². The molecule has 5 nitrogen and oxygen atoms in total. The molecule has 0 saturated heterocycles. The number of nitrogens with one attached hydrogen (secondary N) is 1. The van der Waals surface area contributed by atoms with E-state index in [9.17, 15) is 0 Å². The topological polar surface area (TPSA) is 52.0 Å². The lowest BCUT2D eigenvalue weighted by molar-refractivity contribution is 0.414. The number of nitrogens with zero attached hydrogens (tertiary/aromatic N) is 3. The second kappa shape index (κ2) is 6.68. The predicted molar refractivity (Wildman–Crippen MR) is 77.2 cm³/mol. The maximum atomic E-state index is 5.23. The highest BCUT2D eigenvalue weighted by molar-refractivity contribution is 9.10. The molecule has 1 heterocycles. The van der Waals surface area contributed by atoms with Gasteiger partial charge in [-0.15, -0.1) is 0 Å². The van der Waals surface area contributed by atoms with Gasteiger partial charge in [-0.25, -0.2) is 9.67 Å². The van der Waals surface area contributed by atoms with Crippen LogP contribution in [0.4, 0.5) is 0 Å². The van der Waals surface area contributed by atoms with Crippen LogP contribution in [-0.2, 0) is 13.1 Å². The second-order valence-corrected chi connectivity index (χ2v) is 4.95. The monoisotopic (exact) mass is 324 g/mol. The fourth-order valence-electron chi connectivity index (χ4n) is 1.70. The summed E-state index contributed by atoms with van der Waals surface area (Å²) in [5.41, 5.74) is 1.11. The Labute approximate surface area is 121 Å². The summed E-state index contributed by atoms with van der Waals surface area (Å²) in [5, 5.41) is 7.62. The molecule has 2 rings (SSSR count). The van der Waals surface area contributed by atoms with Crippen molar-refractivity contribution in [3.8, 4) is 5.75 Å². The van der Waals surface area contributed by atoms with Gasteiger partial charge in [-0.3, -0.25) is 0 Å². The van der Waals surface area contributed by atoms with Crippen LogP contribution in [0.5, 0.6) is 5.75 Å². The van der Waals surface area contributed by atoms with Crippen molar-refractivity contribution in [3.05, 3.63) is 40.4 Å². The first kappa shape index (κ1) is 14.0. The molecule has 0 aliphatic carbocycles. The van der Waals surface area contributed by atoms with Gasteiger partial charge in [0, 0.05) is 4.47 Å². The van der Waals surface area contributed by atoms with E-state index < -0.39 is 0 Å². The standard InChI is InChI=1S/C13H17BrN4O/c1-3-15-7-13-16-9-18(17-13)8-10-6-11(19-2)4-5-12(10)14/h4-6,9,15H,3,7-8H2,1-2H3. The van der Waals surface area contributed by atoms with Gasteiger partial charge < -0.3 is 10.1 Å². The Kier molecular flexibility index (Phi) is 4.93. The summed E-state index contributed by atoms with van der Waals surface area (Å²) in [6.45, 7) is 4.33. The first-order valence-corrected chi connectivity index (χ1v) is 6.93. The molecule has 1 N–H and O–H groups in total. The van der Waals surface area contributed by atoms with Gasteiger partial charge in [0.15, 0.2) is 5.82 Å². The van der Waals surface area contributed by atoms with Gasteiger partial charge in [0.05, 0.1) is 20.2 Å². The number of rotatable bonds is 6. The van der Waals surface area contributed by atoms with Crippen LogP contribution in [0.3, 0.4) is 0 Å². The highest BCUT2D eigenvalue weighted by Crippen LogP contribution is 2.23. The largest absolute Gasteiger partial charge is 0.497 e. The van der Waals surface area contributed by atoms with Gasteiger partial charge >= 0.3 is 0 Å². The Morgan fingerprint density at radius 1 is 1.42 bits per heavy atom. The molecule has 102 valence electrons. The van der Waals surface area contributed by atoms with E-state index in [1.165, 1.54) is 0 Å². The second-order valence-electron chi connectivity index (χ2n) is 4.10. The normalized spacial score (nSPS) is 10.7. The molecule has 19 heavy (non-hydrogen) atoms. The minimum Gasteiger partial charge on any atom is -0.497 e. The van der Waals surface area contributed by atoms with Crippen LogP contribution in [0.1, 0.15) is 18.3 Å². The number of benzene rings is 1. The molecule has 0 aliphatic heterocycles. The number of halogens is 1. The van der Waals surface area contributed by atoms with Crippen molar-refractivity contribution in [1.29, 1.82) is 0 Å². The van der Waals surface area contributed by atoms with Gasteiger partial charge in [-0.05, 0) is 30.3 Å². The molecule has 0 unspecified atom stereocenters. The number of aromatic nitrogens is 3. The lowest BCUT2D eigenvalue weighted by Gasteiger charge is -2.07. The number of methoxy groups -OCH3 is 1. The summed E-state index contributed by atoms with van der Waals surface area (Å²) in [4.78, 5) is 4.26. The van der Waals surface area contributed by atoms with E-state index in [0.717, 1.165) is 28.2 Å². The summed E-state index contributed by atoms with van der Waals surface area (Å²) >= 11 is 3.54. The molecule has 0 spiro atoms. The van der Waals surface area contributed by atoms with Crippen molar-refractivity contribution in [2.45, 2.75) is 20.0 Å². The van der Waals surface area contributed by atoms with Gasteiger partial charge in [-0.2, -0.15) is 5.10 Å². The maximum Gasteiger partial charge on any atom is 0.164 e. The molecule has 0 saturated carbocycles. The lowest BCUT2D eigenvalue weighted by atomic mass is 10.2. The smallest absolute Gasteiger partial charge is 0.164 e. The van der Waals surface area contributed by atoms with Crippen LogP contribution >= 0.6 is 15.9 Å². The Morgan fingerprint density at radius 3 is 3.00 bits per heavy atom. The van der Waals surface area contributed by atoms with Crippen LogP contribution in [-0.4, -0.2) is 28.4 Å². The highest BCUT2D eigenvalue weighted by atomic mass is 79.9. The fourth-order valence-corrected chi connectivity index (χ4v) is 2.07. The quantitative estimate of drug-likeness (QED) is 0.885. The zero-order chi connectivity index (χ0) is 13.7. The molecule has 1 aromatic heterocycles. The molecule has 0 radical (unpaired) electrons. The van der Waals surface area contributed by atoms with Gasteiger partial charge in [-0.1, -0.05) is 22.9 Å². The summed E-state index contributed by atoms with van der Waals surface area (Å²) in [7, 11) is 1.66. The van der Waals surface area contributed by atoms with E-state index in [4.69, 9.17) is 4.74 Å². The van der Waals surface area contributed by atoms with E-state index in [1.54, 1.807) is 13.4 Å². The summed E-state index contributed by atoms with van der Waals surface area (Å²) < 4.78 is 8.09. The molecule has 2 aromatic rings. The minimum atomic E-state index is 0.664. The van der Waals surface area contributed by atoms with Crippen molar-refractivity contribution in [2.24, 2.45) is 0 Å². The van der Waals surface area contributed by atoms with Crippen LogP contribution in [0.2, 0.25) is 0 Å². The zero-order valence-electron chi connectivity index (χ0n) is 11.1. The third-order valence-corrected chi connectivity index (χ3v) is 3.48. The summed E-state index contributed by atoms with van der Waals surface area (Å²) in [6, 6.07) is 5.89. The molecule has 0 aliphatic rings. The Balaban J connectivity index is 2.10. The van der Waals surface area contributed by atoms with E-state index in [0.29, 0.717) is 13.1 Å². The first-order valence-electron chi connectivity index (χ1n) is 6.14. The molecule has 1 aromatic carbocycles. The zero-order valence-corrected chi connectivity index (χ0v) is 12.6. The van der Waals surface area contributed by atoms with Crippen LogP contribution in [0.15, 0.2) is 29.0 Å². The van der Waals surface area contributed by atoms with E-state index in [1.807, 2.05) is 22.9 Å². The van der Waals surface area contributed by atoms with Crippen LogP contribution in [0, 0.1) is 0 Å². The number of hydrogen-bond acceptors (Lipinski definition) is 4. The molecule has 0 fully saturated rings. The van der Waals surface area contributed by atoms with Gasteiger partial charge in [0.1, 0.15) is 12.1 Å². The van der Waals surface area contributed by atoms with Crippen LogP contribution < -0.4 is 10.1 Å². The molecular formula is C13H17BrN4O. The molecule has 0 bridgehead atoms. The minimum absolute atomic E-state index is 0.664.